The number of ketones is 1. The van der Waals surface area contributed by atoms with Crippen molar-refractivity contribution in [2.45, 2.75) is 19.9 Å². The summed E-state index contributed by atoms with van der Waals surface area (Å²) in [5, 5.41) is 2.90. The van der Waals surface area contributed by atoms with Gasteiger partial charge in [-0.05, 0) is 55.5 Å². The van der Waals surface area contributed by atoms with Gasteiger partial charge in [0, 0.05) is 23.9 Å². The molecule has 1 aromatic heterocycles. The molecule has 0 unspecified atom stereocenters. The number of carbonyl (C=O) groups is 3. The van der Waals surface area contributed by atoms with Gasteiger partial charge < -0.3 is 21.7 Å². The Kier molecular flexibility index (Phi) is 6.30. The van der Waals surface area contributed by atoms with Crippen LogP contribution in [0.1, 0.15) is 29.1 Å². The van der Waals surface area contributed by atoms with Gasteiger partial charge in [-0.25, -0.2) is 9.37 Å². The van der Waals surface area contributed by atoms with Crippen LogP contribution >= 0.6 is 11.3 Å². The van der Waals surface area contributed by atoms with Gasteiger partial charge in [-0.15, -0.1) is 0 Å². The molecule has 160 valence electrons. The number of nitrogens with one attached hydrogen (secondary N) is 1. The molecule has 2 aromatic carbocycles. The van der Waals surface area contributed by atoms with Crippen LogP contribution in [-0.4, -0.2) is 28.6 Å². The molecule has 3 aromatic rings. The molecular formula is C21H20FN5O3S. The Hall–Kier alpha value is -3.79. The monoisotopic (exact) mass is 441 g/mol. The molecular weight excluding hydrogens is 421 g/mol. The second-order valence-corrected chi connectivity index (χ2v) is 7.70. The van der Waals surface area contributed by atoms with Crippen LogP contribution in [0.25, 0.3) is 0 Å². The Morgan fingerprint density at radius 2 is 1.71 bits per heavy atom. The summed E-state index contributed by atoms with van der Waals surface area (Å²) in [4.78, 5) is 41.9. The van der Waals surface area contributed by atoms with Crippen LogP contribution in [0, 0.1) is 5.82 Å². The zero-order chi connectivity index (χ0) is 22.7. The number of nitrogen functional groups attached to an aromatic ring is 1. The van der Waals surface area contributed by atoms with Crippen LogP contribution in [0.4, 0.5) is 26.7 Å². The highest BCUT2D eigenvalue weighted by molar-refractivity contribution is 7.18. The van der Waals surface area contributed by atoms with E-state index in [9.17, 15) is 18.8 Å². The lowest BCUT2D eigenvalue weighted by molar-refractivity contribution is -0.118. The molecule has 8 nitrogen and oxygen atoms in total. The third-order valence-corrected chi connectivity index (χ3v) is 5.49. The number of rotatable bonds is 7. The predicted octanol–water partition coefficient (Wildman–Crippen LogP) is 3.07. The molecule has 0 aliphatic heterocycles. The average Bonchev–Trinajstić information content (AvgIpc) is 3.10. The number of thiazole rings is 1. The minimum atomic E-state index is -0.823. The number of benzene rings is 2. The highest BCUT2D eigenvalue weighted by Gasteiger charge is 2.27. The molecule has 0 spiro atoms. The van der Waals surface area contributed by atoms with Crippen LogP contribution in [0.15, 0.2) is 48.5 Å². The van der Waals surface area contributed by atoms with Gasteiger partial charge >= 0.3 is 0 Å². The van der Waals surface area contributed by atoms with Gasteiger partial charge in [0.1, 0.15) is 22.6 Å². The van der Waals surface area contributed by atoms with E-state index in [1.807, 2.05) is 0 Å². The molecule has 1 atom stereocenters. The summed E-state index contributed by atoms with van der Waals surface area (Å²) in [6.45, 7) is 2.96. The van der Waals surface area contributed by atoms with Crippen molar-refractivity contribution in [1.82, 2.24) is 4.98 Å². The van der Waals surface area contributed by atoms with Crippen LogP contribution in [0.5, 0.6) is 0 Å². The SMILES string of the molecule is CC(=O)Nc1ccc(C(=O)c2sc(N(c3ccc(F)cc3)[C@H](C)C(N)=O)nc2N)cc1. The van der Waals surface area contributed by atoms with Crippen molar-refractivity contribution in [2.75, 3.05) is 16.0 Å². The molecule has 0 aliphatic rings. The summed E-state index contributed by atoms with van der Waals surface area (Å²) in [6.07, 6.45) is 0. The first kappa shape index (κ1) is 21.9. The molecule has 3 rings (SSSR count). The molecule has 0 radical (unpaired) electrons. The Bertz CT molecular complexity index is 1130. The van der Waals surface area contributed by atoms with Crippen molar-refractivity contribution in [3.63, 3.8) is 0 Å². The lowest BCUT2D eigenvalue weighted by Gasteiger charge is -2.26. The Morgan fingerprint density at radius 3 is 2.26 bits per heavy atom. The fraction of sp³-hybridized carbons (Fsp3) is 0.143. The van der Waals surface area contributed by atoms with E-state index in [1.54, 1.807) is 31.2 Å². The summed E-state index contributed by atoms with van der Waals surface area (Å²) in [5.41, 5.74) is 12.9. The molecule has 0 fully saturated rings. The number of carbonyl (C=O) groups excluding carboxylic acids is 3. The molecule has 5 N–H and O–H groups in total. The maximum absolute atomic E-state index is 13.4. The maximum atomic E-state index is 13.4. The molecule has 0 saturated carbocycles. The summed E-state index contributed by atoms with van der Waals surface area (Å²) in [5.74, 6) is -1.65. The van der Waals surface area contributed by atoms with Gasteiger partial charge in [0.15, 0.2) is 5.13 Å². The largest absolute Gasteiger partial charge is 0.382 e. The molecule has 10 heteroatoms. The van der Waals surface area contributed by atoms with Crippen molar-refractivity contribution in [3.8, 4) is 0 Å². The Morgan fingerprint density at radius 1 is 1.10 bits per heavy atom. The summed E-state index contributed by atoms with van der Waals surface area (Å²) in [7, 11) is 0. The normalized spacial score (nSPS) is 11.6. The van der Waals surface area contributed by atoms with Crippen LogP contribution < -0.4 is 21.7 Å². The van der Waals surface area contributed by atoms with Crippen molar-refractivity contribution < 1.29 is 18.8 Å². The minimum absolute atomic E-state index is 0.000260. The first-order valence-corrected chi connectivity index (χ1v) is 10.0. The average molecular weight is 441 g/mol. The summed E-state index contributed by atoms with van der Waals surface area (Å²) in [6, 6.07) is 11.0. The highest BCUT2D eigenvalue weighted by Crippen LogP contribution is 2.36. The fourth-order valence-corrected chi connectivity index (χ4v) is 3.90. The number of halogens is 1. The third kappa shape index (κ3) is 4.86. The van der Waals surface area contributed by atoms with Crippen molar-refractivity contribution in [2.24, 2.45) is 5.73 Å². The summed E-state index contributed by atoms with van der Waals surface area (Å²) < 4.78 is 13.4. The van der Waals surface area contributed by atoms with E-state index in [0.717, 1.165) is 11.3 Å². The smallest absolute Gasteiger partial charge is 0.240 e. The topological polar surface area (TPSA) is 131 Å². The highest BCUT2D eigenvalue weighted by atomic mass is 32.1. The predicted molar refractivity (Wildman–Crippen MR) is 118 cm³/mol. The number of nitrogens with zero attached hydrogens (tertiary/aromatic N) is 2. The maximum Gasteiger partial charge on any atom is 0.240 e. The van der Waals surface area contributed by atoms with Gasteiger partial charge in [0.05, 0.1) is 0 Å². The zero-order valence-electron chi connectivity index (χ0n) is 16.8. The van der Waals surface area contributed by atoms with E-state index in [2.05, 4.69) is 10.3 Å². The van der Waals surface area contributed by atoms with Gasteiger partial charge in [-0.1, -0.05) is 11.3 Å². The van der Waals surface area contributed by atoms with E-state index in [-0.39, 0.29) is 27.5 Å². The van der Waals surface area contributed by atoms with E-state index in [1.165, 1.54) is 36.1 Å². The molecule has 0 saturated heterocycles. The number of hydrogen-bond acceptors (Lipinski definition) is 7. The number of hydrogen-bond donors (Lipinski definition) is 3. The number of amides is 2. The van der Waals surface area contributed by atoms with Crippen LogP contribution in [-0.2, 0) is 9.59 Å². The van der Waals surface area contributed by atoms with Gasteiger partial charge in [-0.2, -0.15) is 0 Å². The van der Waals surface area contributed by atoms with Gasteiger partial charge in [0.2, 0.25) is 17.6 Å². The molecule has 0 bridgehead atoms. The van der Waals surface area contributed by atoms with Crippen molar-refractivity contribution in [3.05, 3.63) is 64.8 Å². The van der Waals surface area contributed by atoms with Gasteiger partial charge in [-0.3, -0.25) is 14.4 Å². The first-order valence-electron chi connectivity index (χ1n) is 9.20. The third-order valence-electron chi connectivity index (χ3n) is 4.43. The van der Waals surface area contributed by atoms with Crippen molar-refractivity contribution in [1.29, 1.82) is 0 Å². The number of primary amides is 1. The van der Waals surface area contributed by atoms with Gasteiger partial charge in [0.25, 0.3) is 0 Å². The Balaban J connectivity index is 1.96. The quantitative estimate of drug-likeness (QED) is 0.483. The van der Waals surface area contributed by atoms with E-state index in [4.69, 9.17) is 11.5 Å². The molecule has 0 aliphatic carbocycles. The van der Waals surface area contributed by atoms with Crippen LogP contribution in [0.3, 0.4) is 0 Å². The van der Waals surface area contributed by atoms with E-state index in [0.29, 0.717) is 16.9 Å². The van der Waals surface area contributed by atoms with Crippen LogP contribution in [0.2, 0.25) is 0 Å². The fourth-order valence-electron chi connectivity index (χ4n) is 2.85. The zero-order valence-corrected chi connectivity index (χ0v) is 17.6. The second kappa shape index (κ2) is 8.92. The summed E-state index contributed by atoms with van der Waals surface area (Å²) >= 11 is 0.999. The van der Waals surface area contributed by atoms with Crippen molar-refractivity contribution >= 4 is 51.3 Å². The minimum Gasteiger partial charge on any atom is -0.382 e. The lowest BCUT2D eigenvalue weighted by Crippen LogP contribution is -2.39. The standard InChI is InChI=1S/C21H20FN5O3S/c1-11(20(24)30)27(16-9-5-14(22)6-10-16)21-26-19(23)18(31-21)17(29)13-3-7-15(8-4-13)25-12(2)28/h3-11H,23H2,1-2H3,(H2,24,30)(H,25,28)/t11-/m1/s1. The molecule has 31 heavy (non-hydrogen) atoms. The molecule has 1 heterocycles. The number of anilines is 4. The number of nitrogens with two attached hydrogens (primary N) is 2. The second-order valence-electron chi connectivity index (χ2n) is 6.72. The van der Waals surface area contributed by atoms with E-state index >= 15 is 0 Å². The van der Waals surface area contributed by atoms with E-state index < -0.39 is 17.8 Å². The first-order chi connectivity index (χ1) is 14.7. The lowest BCUT2D eigenvalue weighted by atomic mass is 10.1. The number of aromatic nitrogens is 1. The molecule has 2 amide bonds. The Labute approximate surface area is 181 Å².